The van der Waals surface area contributed by atoms with Gasteiger partial charge in [-0.3, -0.25) is 5.41 Å². The summed E-state index contributed by atoms with van der Waals surface area (Å²) in [5.41, 5.74) is 7.94. The maximum Gasteiger partial charge on any atom is 0.586 e. The number of ether oxygens (including phenoxy) is 2. The summed E-state index contributed by atoms with van der Waals surface area (Å²) >= 11 is 0. The molecule has 2 aromatic carbocycles. The number of primary sulfonamides is 1. The number of hydrogen-bond donors (Lipinski definition) is 6. The van der Waals surface area contributed by atoms with E-state index in [1.807, 2.05) is 5.43 Å². The summed E-state index contributed by atoms with van der Waals surface area (Å²) in [5, 5.41) is 19.4. The average Bonchev–Trinajstić information content (AvgIpc) is 3.37. The first-order valence-corrected chi connectivity index (χ1v) is 12.9. The molecule has 2 aliphatic heterocycles. The number of fused-ring (bicyclic) bond motifs is 1. The number of sulfonamides is 2. The molecular formula is C18H19F2N7O6S2. The lowest BCUT2D eigenvalue weighted by atomic mass is 9.97. The highest BCUT2D eigenvalue weighted by atomic mass is 32.2. The molecule has 13 nitrogen and oxygen atoms in total. The molecule has 1 fully saturated rings. The summed E-state index contributed by atoms with van der Waals surface area (Å²) in [5.74, 6) is -1.67. The van der Waals surface area contributed by atoms with E-state index in [2.05, 4.69) is 24.7 Å². The number of hydrogen-bond acceptors (Lipinski definition) is 10. The average molecular weight is 532 g/mol. The zero-order valence-electron chi connectivity index (χ0n) is 17.6. The predicted molar refractivity (Wildman–Crippen MR) is 116 cm³/mol. The Morgan fingerprint density at radius 3 is 2.54 bits per heavy atom. The summed E-state index contributed by atoms with van der Waals surface area (Å²) in [4.78, 5) is -1.75. The minimum atomic E-state index is -4.85. The second-order valence-electron chi connectivity index (χ2n) is 7.57. The van der Waals surface area contributed by atoms with Crippen molar-refractivity contribution in [2.75, 3.05) is 13.1 Å². The molecule has 2 aromatic rings. The van der Waals surface area contributed by atoms with Crippen LogP contribution in [0.1, 0.15) is 12.0 Å². The molecule has 1 atom stereocenters. The van der Waals surface area contributed by atoms with Gasteiger partial charge in [0.1, 0.15) is 15.6 Å². The summed E-state index contributed by atoms with van der Waals surface area (Å²) in [6, 6.07) is 5.29. The second-order valence-corrected chi connectivity index (χ2v) is 10.8. The topological polar surface area (TPSA) is 209 Å². The first-order chi connectivity index (χ1) is 16.3. The van der Waals surface area contributed by atoms with Gasteiger partial charge in [-0.1, -0.05) is 23.4 Å². The Morgan fingerprint density at radius 2 is 1.91 bits per heavy atom. The molecule has 35 heavy (non-hydrogen) atoms. The summed E-state index contributed by atoms with van der Waals surface area (Å²) in [7, 11) is -9.33. The molecule has 17 heteroatoms. The Hall–Kier alpha value is -3.25. The van der Waals surface area contributed by atoms with Crippen molar-refractivity contribution in [2.24, 2.45) is 10.4 Å². The van der Waals surface area contributed by atoms with Gasteiger partial charge in [0.2, 0.25) is 20.0 Å². The number of nitrogens with zero attached hydrogens (tertiary/aromatic N) is 1. The Bertz CT molecular complexity index is 1430. The molecule has 188 valence electrons. The van der Waals surface area contributed by atoms with Crippen LogP contribution in [0.15, 0.2) is 45.3 Å². The van der Waals surface area contributed by atoms with Crippen LogP contribution < -0.4 is 30.1 Å². The van der Waals surface area contributed by atoms with E-state index in [0.717, 1.165) is 12.1 Å². The van der Waals surface area contributed by atoms with Gasteiger partial charge in [0, 0.05) is 23.7 Å². The molecule has 2 heterocycles. The van der Waals surface area contributed by atoms with Crippen LogP contribution in [0.2, 0.25) is 0 Å². The Labute approximate surface area is 198 Å². The van der Waals surface area contributed by atoms with Crippen molar-refractivity contribution in [2.45, 2.75) is 28.5 Å². The summed E-state index contributed by atoms with van der Waals surface area (Å²) in [6.07, 6.45) is -3.56. The predicted octanol–water partition coefficient (Wildman–Crippen LogP) is 0.824. The lowest BCUT2D eigenvalue weighted by Gasteiger charge is -2.20. The van der Waals surface area contributed by atoms with Gasteiger partial charge in [-0.25, -0.2) is 32.1 Å². The van der Waals surface area contributed by atoms with Crippen LogP contribution in [0.3, 0.4) is 0 Å². The molecule has 1 saturated heterocycles. The summed E-state index contributed by atoms with van der Waals surface area (Å²) < 4.78 is 90.5. The third-order valence-corrected chi connectivity index (χ3v) is 7.90. The van der Waals surface area contributed by atoms with Gasteiger partial charge < -0.3 is 14.8 Å². The Morgan fingerprint density at radius 1 is 1.17 bits per heavy atom. The highest BCUT2D eigenvalue weighted by Gasteiger charge is 2.45. The van der Waals surface area contributed by atoms with Crippen molar-refractivity contribution in [3.05, 3.63) is 35.9 Å². The standard InChI is InChI=1S/C18H19F2N7O6S2/c19-18(20)32-12-3-1-2-11(15(12)33-18)10-4-5-13(35(30,31)26-9-6-7-24-8-9)16(34(23,28)29)14(10)17(21)25-27-22/h1-5,9,24,26H,6-8H2,(H3,21,22,25)(H2,23,28,29)/t9-/m1/s1. The van der Waals surface area contributed by atoms with Crippen LogP contribution >= 0.6 is 0 Å². The number of amidine groups is 1. The zero-order chi connectivity index (χ0) is 25.6. The Kier molecular flexibility index (Phi) is 6.22. The maximum atomic E-state index is 13.7. The van der Waals surface area contributed by atoms with Crippen molar-refractivity contribution >= 4 is 25.9 Å². The van der Waals surface area contributed by atoms with Crippen LogP contribution in [0.4, 0.5) is 8.78 Å². The summed E-state index contributed by atoms with van der Waals surface area (Å²) in [6.45, 7) is 0.858. The third-order valence-electron chi connectivity index (χ3n) is 5.21. The molecule has 4 rings (SSSR count). The number of rotatable bonds is 7. The first-order valence-electron chi connectivity index (χ1n) is 9.87. The molecule has 0 aromatic heterocycles. The fourth-order valence-corrected chi connectivity index (χ4v) is 6.74. The second kappa shape index (κ2) is 8.76. The van der Waals surface area contributed by atoms with E-state index >= 15 is 0 Å². The normalized spacial score (nSPS) is 18.9. The number of halogens is 2. The fraction of sp³-hybridized carbons (Fsp3) is 0.278. The van der Waals surface area contributed by atoms with Crippen molar-refractivity contribution in [1.82, 2.24) is 15.5 Å². The van der Waals surface area contributed by atoms with Gasteiger partial charge in [0.25, 0.3) is 0 Å². The number of nitrogens with two attached hydrogens (primary N) is 1. The van der Waals surface area contributed by atoms with Crippen molar-refractivity contribution in [3.63, 3.8) is 0 Å². The Balaban J connectivity index is 2.00. The van der Waals surface area contributed by atoms with E-state index in [1.165, 1.54) is 18.2 Å². The number of alkyl halides is 2. The molecule has 0 unspecified atom stereocenters. The highest BCUT2D eigenvalue weighted by molar-refractivity contribution is 7.92. The number of benzene rings is 2. The largest absolute Gasteiger partial charge is 0.586 e. The monoisotopic (exact) mass is 531 g/mol. The van der Waals surface area contributed by atoms with Gasteiger partial charge >= 0.3 is 6.29 Å². The zero-order valence-corrected chi connectivity index (χ0v) is 19.3. The van der Waals surface area contributed by atoms with E-state index in [4.69, 9.17) is 16.1 Å². The van der Waals surface area contributed by atoms with Crippen molar-refractivity contribution < 1.29 is 35.1 Å². The molecule has 0 radical (unpaired) electrons. The van der Waals surface area contributed by atoms with Crippen LogP contribution in [0.5, 0.6) is 11.5 Å². The smallest absolute Gasteiger partial charge is 0.395 e. The fourth-order valence-electron chi connectivity index (χ4n) is 3.86. The van der Waals surface area contributed by atoms with E-state index in [1.54, 1.807) is 0 Å². The minimum Gasteiger partial charge on any atom is -0.395 e. The van der Waals surface area contributed by atoms with Gasteiger partial charge in [-0.2, -0.15) is 5.53 Å². The molecule has 7 N–H and O–H groups in total. The van der Waals surface area contributed by atoms with E-state index in [9.17, 15) is 25.6 Å². The van der Waals surface area contributed by atoms with Crippen LogP contribution in [0, 0.1) is 10.9 Å². The lowest BCUT2D eigenvalue weighted by Crippen LogP contribution is -2.37. The van der Waals surface area contributed by atoms with Gasteiger partial charge in [0.15, 0.2) is 11.5 Å². The van der Waals surface area contributed by atoms with Crippen LogP contribution in [-0.2, 0) is 20.0 Å². The molecule has 0 aliphatic carbocycles. The molecule has 0 amide bonds. The van der Waals surface area contributed by atoms with E-state index < -0.39 is 59.3 Å². The van der Waals surface area contributed by atoms with E-state index in [-0.39, 0.29) is 16.9 Å². The van der Waals surface area contributed by atoms with Gasteiger partial charge in [0.05, 0.1) is 0 Å². The highest BCUT2D eigenvalue weighted by Crippen LogP contribution is 2.48. The maximum absolute atomic E-state index is 13.7. The van der Waals surface area contributed by atoms with Crippen LogP contribution in [0.25, 0.3) is 11.1 Å². The molecule has 0 bridgehead atoms. The van der Waals surface area contributed by atoms with Crippen molar-refractivity contribution in [1.29, 1.82) is 10.9 Å². The minimum absolute atomic E-state index is 0.145. The SMILES string of the molecule is N=NNC(=N)c1c(-c2cccc3c2OC(F)(F)O3)ccc(S(=O)(=O)N[C@@H]2CCNC2)c1S(N)(=O)=O. The van der Waals surface area contributed by atoms with Gasteiger partial charge in [-0.05, 0) is 30.7 Å². The van der Waals surface area contributed by atoms with Crippen LogP contribution in [-0.4, -0.2) is 48.1 Å². The number of para-hydroxylation sites is 1. The first kappa shape index (κ1) is 24.9. The van der Waals surface area contributed by atoms with E-state index in [0.29, 0.717) is 19.5 Å². The molecule has 0 spiro atoms. The molecule has 2 aliphatic rings. The van der Waals surface area contributed by atoms with Gasteiger partial charge in [-0.15, -0.1) is 8.78 Å². The quantitative estimate of drug-likeness (QED) is 0.130. The number of nitrogens with one attached hydrogen (secondary N) is 5. The molecular weight excluding hydrogens is 512 g/mol. The lowest BCUT2D eigenvalue weighted by molar-refractivity contribution is -0.286. The van der Waals surface area contributed by atoms with Crippen molar-refractivity contribution in [3.8, 4) is 22.6 Å². The molecule has 0 saturated carbocycles. The third kappa shape index (κ3) is 4.80.